The molecule has 86 valence electrons. The molecule has 0 N–H and O–H groups in total. The van der Waals surface area contributed by atoms with Gasteiger partial charge >= 0.3 is 0 Å². The maximum atomic E-state index is 2.32. The van der Waals surface area contributed by atoms with Gasteiger partial charge < -0.3 is 0 Å². The van der Waals surface area contributed by atoms with Crippen LogP contribution in [0.3, 0.4) is 0 Å². The van der Waals surface area contributed by atoms with Crippen molar-refractivity contribution in [2.45, 2.75) is 58.8 Å². The van der Waals surface area contributed by atoms with Gasteiger partial charge in [-0.05, 0) is 45.4 Å². The molecule has 0 aliphatic heterocycles. The van der Waals surface area contributed by atoms with Gasteiger partial charge in [0.15, 0.2) is 0 Å². The van der Waals surface area contributed by atoms with E-state index in [0.717, 1.165) is 12.8 Å². The topological polar surface area (TPSA) is 0 Å². The normalized spacial score (nSPS) is 12.4. The van der Waals surface area contributed by atoms with Crippen LogP contribution < -0.4 is 0 Å². The van der Waals surface area contributed by atoms with Crippen LogP contribution in [0.5, 0.6) is 0 Å². The fourth-order valence-corrected chi connectivity index (χ4v) is 1.42. The Morgan fingerprint density at radius 2 is 1.40 bits per heavy atom. The summed E-state index contributed by atoms with van der Waals surface area (Å²) in [5, 5.41) is 0. The number of unbranched alkanes of at least 4 members (excludes halogenated alkanes) is 4. The summed E-state index contributed by atoms with van der Waals surface area (Å²) >= 11 is 0. The van der Waals surface area contributed by atoms with E-state index in [1.165, 1.54) is 32.1 Å². The van der Waals surface area contributed by atoms with Gasteiger partial charge in [-0.15, -0.1) is 0 Å². The molecule has 0 radical (unpaired) electrons. The van der Waals surface area contributed by atoms with E-state index in [1.807, 2.05) is 0 Å². The highest BCUT2D eigenvalue weighted by Gasteiger charge is 1.84. The lowest BCUT2D eigenvalue weighted by Gasteiger charge is -1.94. The summed E-state index contributed by atoms with van der Waals surface area (Å²) in [4.78, 5) is 0. The molecule has 15 heavy (non-hydrogen) atoms. The monoisotopic (exact) mass is 206 g/mol. The van der Waals surface area contributed by atoms with E-state index < -0.39 is 0 Å². The van der Waals surface area contributed by atoms with Crippen LogP contribution in [0.4, 0.5) is 0 Å². The SMILES string of the molecule is CC=CCCCCCC=CCC=CCC. The zero-order valence-corrected chi connectivity index (χ0v) is 10.4. The molecule has 0 amide bonds. The molecule has 0 nitrogen and oxygen atoms in total. The van der Waals surface area contributed by atoms with Crippen molar-refractivity contribution in [2.24, 2.45) is 0 Å². The van der Waals surface area contributed by atoms with Gasteiger partial charge in [-0.25, -0.2) is 0 Å². The maximum Gasteiger partial charge on any atom is -0.0169 e. The lowest BCUT2D eigenvalue weighted by Crippen LogP contribution is -1.74. The van der Waals surface area contributed by atoms with Gasteiger partial charge in [0.05, 0.1) is 0 Å². The first-order valence-electron chi connectivity index (χ1n) is 6.33. The second kappa shape index (κ2) is 13.2. The average molecular weight is 206 g/mol. The molecule has 0 aromatic heterocycles. The molecule has 0 aromatic rings. The van der Waals surface area contributed by atoms with E-state index in [-0.39, 0.29) is 0 Å². The van der Waals surface area contributed by atoms with Crippen molar-refractivity contribution < 1.29 is 0 Å². The summed E-state index contributed by atoms with van der Waals surface area (Å²) in [6, 6.07) is 0. The zero-order valence-electron chi connectivity index (χ0n) is 10.4. The fraction of sp³-hybridized carbons (Fsp3) is 0.600. The first-order valence-corrected chi connectivity index (χ1v) is 6.33. The van der Waals surface area contributed by atoms with E-state index in [1.54, 1.807) is 0 Å². The van der Waals surface area contributed by atoms with Crippen LogP contribution >= 0.6 is 0 Å². The summed E-state index contributed by atoms with van der Waals surface area (Å²) in [6.07, 6.45) is 22.2. The highest BCUT2D eigenvalue weighted by molar-refractivity contribution is 4.92. The number of hydrogen-bond acceptors (Lipinski definition) is 0. The van der Waals surface area contributed by atoms with Crippen molar-refractivity contribution in [3.05, 3.63) is 36.5 Å². The molecular weight excluding hydrogens is 180 g/mol. The van der Waals surface area contributed by atoms with Crippen molar-refractivity contribution >= 4 is 0 Å². The standard InChI is InChI=1S/C15H26/c1-3-5-7-9-11-13-15-14-12-10-8-6-4-2/h3,5-6,8,12,14H,4,7,9-11,13,15H2,1-2H3. The summed E-state index contributed by atoms with van der Waals surface area (Å²) in [6.45, 7) is 4.26. The van der Waals surface area contributed by atoms with Crippen molar-refractivity contribution in [3.63, 3.8) is 0 Å². The van der Waals surface area contributed by atoms with Crippen LogP contribution in [0.1, 0.15) is 58.8 Å². The van der Waals surface area contributed by atoms with Crippen LogP contribution in [-0.2, 0) is 0 Å². The molecule has 0 bridgehead atoms. The van der Waals surface area contributed by atoms with Crippen molar-refractivity contribution in [1.29, 1.82) is 0 Å². The Hall–Kier alpha value is -0.780. The molecule has 0 heteroatoms. The Balaban J connectivity index is 3.12. The molecule has 0 aromatic carbocycles. The largest absolute Gasteiger partial charge is 0.0917 e. The second-order valence-electron chi connectivity index (χ2n) is 3.79. The molecule has 0 aliphatic carbocycles. The van der Waals surface area contributed by atoms with E-state index in [0.29, 0.717) is 0 Å². The molecule has 0 heterocycles. The molecule has 0 spiro atoms. The molecule has 0 aliphatic rings. The fourth-order valence-electron chi connectivity index (χ4n) is 1.42. The molecule has 0 unspecified atom stereocenters. The van der Waals surface area contributed by atoms with Crippen LogP contribution in [0.15, 0.2) is 36.5 Å². The number of hydrogen-bond donors (Lipinski definition) is 0. The molecular formula is C15H26. The van der Waals surface area contributed by atoms with Gasteiger partial charge in [0, 0.05) is 0 Å². The smallest absolute Gasteiger partial charge is 0.0169 e. The van der Waals surface area contributed by atoms with Gasteiger partial charge in [0.25, 0.3) is 0 Å². The minimum atomic E-state index is 1.10. The highest BCUT2D eigenvalue weighted by atomic mass is 13.9. The van der Waals surface area contributed by atoms with Gasteiger partial charge in [0.1, 0.15) is 0 Å². The maximum absolute atomic E-state index is 2.32. The third-order valence-corrected chi connectivity index (χ3v) is 2.32. The predicted octanol–water partition coefficient (Wildman–Crippen LogP) is 5.43. The van der Waals surface area contributed by atoms with E-state index in [2.05, 4.69) is 50.3 Å². The summed E-state index contributed by atoms with van der Waals surface area (Å²) < 4.78 is 0. The van der Waals surface area contributed by atoms with Crippen LogP contribution in [0.25, 0.3) is 0 Å². The lowest BCUT2D eigenvalue weighted by molar-refractivity contribution is 0.695. The summed E-state index contributed by atoms with van der Waals surface area (Å²) in [7, 11) is 0. The van der Waals surface area contributed by atoms with E-state index in [4.69, 9.17) is 0 Å². The Kier molecular flexibility index (Phi) is 12.5. The van der Waals surface area contributed by atoms with Crippen LogP contribution in [-0.4, -0.2) is 0 Å². The number of rotatable bonds is 9. The van der Waals surface area contributed by atoms with E-state index >= 15 is 0 Å². The van der Waals surface area contributed by atoms with Gasteiger partial charge in [0.2, 0.25) is 0 Å². The first-order chi connectivity index (χ1) is 7.41. The minimum absolute atomic E-state index is 1.10. The quantitative estimate of drug-likeness (QED) is 0.349. The Morgan fingerprint density at radius 3 is 2.07 bits per heavy atom. The van der Waals surface area contributed by atoms with Gasteiger partial charge in [-0.3, -0.25) is 0 Å². The lowest BCUT2D eigenvalue weighted by atomic mass is 10.1. The molecule has 0 fully saturated rings. The van der Waals surface area contributed by atoms with Crippen molar-refractivity contribution in [2.75, 3.05) is 0 Å². The molecule has 0 saturated heterocycles. The Labute approximate surface area is 95.8 Å². The van der Waals surface area contributed by atoms with E-state index in [9.17, 15) is 0 Å². The third kappa shape index (κ3) is 13.2. The predicted molar refractivity (Wildman–Crippen MR) is 71.1 cm³/mol. The summed E-state index contributed by atoms with van der Waals surface area (Å²) in [5.74, 6) is 0. The molecule has 0 atom stereocenters. The highest BCUT2D eigenvalue weighted by Crippen LogP contribution is 2.04. The second-order valence-corrected chi connectivity index (χ2v) is 3.79. The van der Waals surface area contributed by atoms with Gasteiger partial charge in [-0.2, -0.15) is 0 Å². The van der Waals surface area contributed by atoms with Crippen molar-refractivity contribution in [3.8, 4) is 0 Å². The van der Waals surface area contributed by atoms with Gasteiger partial charge in [-0.1, -0.05) is 49.8 Å². The molecule has 0 rings (SSSR count). The zero-order chi connectivity index (χ0) is 11.2. The number of allylic oxidation sites excluding steroid dienone is 6. The third-order valence-electron chi connectivity index (χ3n) is 2.32. The summed E-state index contributed by atoms with van der Waals surface area (Å²) in [5.41, 5.74) is 0. The Bertz CT molecular complexity index is 184. The van der Waals surface area contributed by atoms with Crippen LogP contribution in [0, 0.1) is 0 Å². The first kappa shape index (κ1) is 14.2. The minimum Gasteiger partial charge on any atom is -0.0917 e. The average Bonchev–Trinajstić information content (AvgIpc) is 2.26. The Morgan fingerprint density at radius 1 is 0.733 bits per heavy atom. The van der Waals surface area contributed by atoms with Crippen LogP contribution in [0.2, 0.25) is 0 Å². The molecule has 0 saturated carbocycles. The van der Waals surface area contributed by atoms with Crippen molar-refractivity contribution in [1.82, 2.24) is 0 Å².